The number of nitrogens with zero attached hydrogens (tertiary/aromatic N) is 2. The Hall–Kier alpha value is -3.23. The van der Waals surface area contributed by atoms with Crippen molar-refractivity contribution in [2.24, 2.45) is 0 Å². The second-order valence-corrected chi connectivity index (χ2v) is 6.00. The summed E-state index contributed by atoms with van der Waals surface area (Å²) >= 11 is 1.14. The predicted molar refractivity (Wildman–Crippen MR) is 94.6 cm³/mol. The number of carboxylic acids is 1. The van der Waals surface area contributed by atoms with Crippen LogP contribution in [0.5, 0.6) is 0 Å². The summed E-state index contributed by atoms with van der Waals surface area (Å²) in [6, 6.07) is 18.5. The van der Waals surface area contributed by atoms with E-state index >= 15 is 0 Å². The number of nitriles is 1. The van der Waals surface area contributed by atoms with Gasteiger partial charge in [-0.3, -0.25) is 0 Å². The summed E-state index contributed by atoms with van der Waals surface area (Å²) in [5.41, 5.74) is 2.78. The Bertz CT molecular complexity index is 936. The molecule has 0 saturated heterocycles. The van der Waals surface area contributed by atoms with Crippen molar-refractivity contribution < 1.29 is 9.90 Å². The maximum atomic E-state index is 11.5. The Morgan fingerprint density at radius 2 is 1.79 bits per heavy atom. The average molecular weight is 332 g/mol. The van der Waals surface area contributed by atoms with Crippen molar-refractivity contribution in [2.75, 3.05) is 0 Å². The van der Waals surface area contributed by atoms with Gasteiger partial charge in [-0.25, -0.2) is 9.78 Å². The Morgan fingerprint density at radius 3 is 2.42 bits per heavy atom. The number of aromatic carboxylic acids is 1. The number of rotatable bonds is 4. The van der Waals surface area contributed by atoms with Gasteiger partial charge in [0.15, 0.2) is 0 Å². The minimum Gasteiger partial charge on any atom is -0.477 e. The molecule has 3 aromatic rings. The third kappa shape index (κ3) is 3.40. The monoisotopic (exact) mass is 332 g/mol. The highest BCUT2D eigenvalue weighted by Crippen LogP contribution is 2.29. The molecule has 0 unspecified atom stereocenters. The number of hydrogen-bond donors (Lipinski definition) is 1. The summed E-state index contributed by atoms with van der Waals surface area (Å²) < 4.78 is 0. The van der Waals surface area contributed by atoms with E-state index in [1.807, 2.05) is 48.5 Å². The van der Waals surface area contributed by atoms with Crippen LogP contribution in [-0.4, -0.2) is 16.1 Å². The van der Waals surface area contributed by atoms with E-state index in [0.29, 0.717) is 16.3 Å². The molecule has 0 bridgehead atoms. The van der Waals surface area contributed by atoms with Crippen LogP contribution >= 0.6 is 11.3 Å². The molecule has 24 heavy (non-hydrogen) atoms. The second-order valence-electron chi connectivity index (χ2n) is 4.97. The largest absolute Gasteiger partial charge is 0.477 e. The molecule has 0 atom stereocenters. The molecule has 5 heteroatoms. The van der Waals surface area contributed by atoms with Gasteiger partial charge in [0.05, 0.1) is 17.3 Å². The molecule has 2 aromatic carbocycles. The van der Waals surface area contributed by atoms with Crippen LogP contribution in [0.4, 0.5) is 0 Å². The van der Waals surface area contributed by atoms with Crippen molar-refractivity contribution in [2.45, 2.75) is 0 Å². The molecule has 0 aliphatic heterocycles. The van der Waals surface area contributed by atoms with Gasteiger partial charge in [0.2, 0.25) is 0 Å². The van der Waals surface area contributed by atoms with Gasteiger partial charge >= 0.3 is 5.97 Å². The van der Waals surface area contributed by atoms with Gasteiger partial charge in [-0.05, 0) is 23.8 Å². The van der Waals surface area contributed by atoms with Gasteiger partial charge in [0, 0.05) is 5.56 Å². The third-order valence-electron chi connectivity index (χ3n) is 3.34. The van der Waals surface area contributed by atoms with E-state index in [9.17, 15) is 9.90 Å². The zero-order valence-corrected chi connectivity index (χ0v) is 13.3. The molecule has 3 rings (SSSR count). The highest BCUT2D eigenvalue weighted by atomic mass is 32.1. The van der Waals surface area contributed by atoms with E-state index < -0.39 is 5.97 Å². The lowest BCUT2D eigenvalue weighted by molar-refractivity contribution is 0.0702. The molecule has 0 radical (unpaired) electrons. The lowest BCUT2D eigenvalue weighted by Crippen LogP contribution is -1.95. The number of carbonyl (C=O) groups is 1. The normalized spacial score (nSPS) is 10.6. The lowest BCUT2D eigenvalue weighted by Gasteiger charge is -1.97. The standard InChI is InChI=1S/C19H12N2O2S/c20-12-14-8-6-13(7-9-14)10-11-16-21-17(18(24-16)19(22)23)15-4-2-1-3-5-15/h1-11H,(H,22,23)/b11-10+. The van der Waals surface area contributed by atoms with Gasteiger partial charge in [-0.15, -0.1) is 11.3 Å². The maximum Gasteiger partial charge on any atom is 0.348 e. The van der Waals surface area contributed by atoms with Crippen molar-refractivity contribution in [1.82, 2.24) is 4.98 Å². The minimum atomic E-state index is -0.982. The van der Waals surface area contributed by atoms with Crippen molar-refractivity contribution >= 4 is 29.5 Å². The van der Waals surface area contributed by atoms with E-state index in [4.69, 9.17) is 5.26 Å². The summed E-state index contributed by atoms with van der Waals surface area (Å²) in [5.74, 6) is -0.982. The Labute approximate surface area is 143 Å². The Balaban J connectivity index is 1.93. The molecule has 0 spiro atoms. The highest BCUT2D eigenvalue weighted by molar-refractivity contribution is 7.15. The summed E-state index contributed by atoms with van der Waals surface area (Å²) in [4.78, 5) is 16.1. The number of hydrogen-bond acceptors (Lipinski definition) is 4. The first-order chi connectivity index (χ1) is 11.7. The number of thiazole rings is 1. The summed E-state index contributed by atoms with van der Waals surface area (Å²) in [6.07, 6.45) is 3.63. The molecule has 0 aliphatic rings. The smallest absolute Gasteiger partial charge is 0.348 e. The predicted octanol–water partition coefficient (Wildman–Crippen LogP) is 4.55. The molecule has 0 amide bonds. The quantitative estimate of drug-likeness (QED) is 0.760. The summed E-state index contributed by atoms with van der Waals surface area (Å²) in [6.45, 7) is 0. The minimum absolute atomic E-state index is 0.223. The van der Waals surface area contributed by atoms with Crippen LogP contribution in [0.15, 0.2) is 54.6 Å². The first-order valence-corrected chi connectivity index (χ1v) is 7.97. The first-order valence-electron chi connectivity index (χ1n) is 7.15. The topological polar surface area (TPSA) is 74.0 Å². The molecule has 0 saturated carbocycles. The molecule has 0 aliphatic carbocycles. The fourth-order valence-corrected chi connectivity index (χ4v) is 3.01. The molecule has 1 heterocycles. The highest BCUT2D eigenvalue weighted by Gasteiger charge is 2.17. The SMILES string of the molecule is N#Cc1ccc(/C=C/c2nc(-c3ccccc3)c(C(=O)O)s2)cc1. The van der Waals surface area contributed by atoms with Crippen LogP contribution < -0.4 is 0 Å². The Morgan fingerprint density at radius 1 is 1.08 bits per heavy atom. The lowest BCUT2D eigenvalue weighted by atomic mass is 10.1. The second kappa shape index (κ2) is 6.90. The fraction of sp³-hybridized carbons (Fsp3) is 0. The first kappa shape index (κ1) is 15.7. The van der Waals surface area contributed by atoms with Gasteiger partial charge in [0.25, 0.3) is 0 Å². The molecule has 4 nitrogen and oxygen atoms in total. The van der Waals surface area contributed by atoms with E-state index in [1.54, 1.807) is 18.2 Å². The van der Waals surface area contributed by atoms with E-state index in [-0.39, 0.29) is 4.88 Å². The fourth-order valence-electron chi connectivity index (χ4n) is 2.18. The molecular formula is C19H12N2O2S. The number of carboxylic acid groups (broad SMARTS) is 1. The van der Waals surface area contributed by atoms with Gasteiger partial charge in [0.1, 0.15) is 9.88 Å². The van der Waals surface area contributed by atoms with Crippen molar-refractivity contribution in [3.63, 3.8) is 0 Å². The number of benzene rings is 2. The maximum absolute atomic E-state index is 11.5. The Kier molecular flexibility index (Phi) is 4.50. The zero-order valence-electron chi connectivity index (χ0n) is 12.5. The molecule has 1 aromatic heterocycles. The van der Waals surface area contributed by atoms with E-state index in [0.717, 1.165) is 22.5 Å². The average Bonchev–Trinajstić information content (AvgIpc) is 3.06. The van der Waals surface area contributed by atoms with E-state index in [2.05, 4.69) is 11.1 Å². The number of aromatic nitrogens is 1. The zero-order chi connectivity index (χ0) is 16.9. The van der Waals surface area contributed by atoms with Gasteiger partial charge in [-0.2, -0.15) is 5.26 Å². The molecule has 1 N–H and O–H groups in total. The van der Waals surface area contributed by atoms with Crippen LogP contribution in [-0.2, 0) is 0 Å². The van der Waals surface area contributed by atoms with E-state index in [1.165, 1.54) is 0 Å². The molecular weight excluding hydrogens is 320 g/mol. The third-order valence-corrected chi connectivity index (χ3v) is 4.35. The van der Waals surface area contributed by atoms with Crippen molar-refractivity contribution in [3.05, 3.63) is 75.6 Å². The van der Waals surface area contributed by atoms with Crippen molar-refractivity contribution in [3.8, 4) is 17.3 Å². The molecule has 0 fully saturated rings. The van der Waals surface area contributed by atoms with Gasteiger partial charge < -0.3 is 5.11 Å². The summed E-state index contributed by atoms with van der Waals surface area (Å²) in [5, 5.41) is 18.8. The summed E-state index contributed by atoms with van der Waals surface area (Å²) in [7, 11) is 0. The molecule has 116 valence electrons. The van der Waals surface area contributed by atoms with Crippen LogP contribution in [0.3, 0.4) is 0 Å². The van der Waals surface area contributed by atoms with Crippen LogP contribution in [0.1, 0.15) is 25.8 Å². The van der Waals surface area contributed by atoms with Gasteiger partial charge in [-0.1, -0.05) is 48.5 Å². The van der Waals surface area contributed by atoms with Crippen LogP contribution in [0.25, 0.3) is 23.4 Å². The van der Waals surface area contributed by atoms with Crippen LogP contribution in [0.2, 0.25) is 0 Å². The van der Waals surface area contributed by atoms with Crippen LogP contribution in [0, 0.1) is 11.3 Å². The van der Waals surface area contributed by atoms with Crippen molar-refractivity contribution in [1.29, 1.82) is 5.26 Å².